The van der Waals surface area contributed by atoms with Crippen molar-refractivity contribution in [1.29, 1.82) is 0 Å². The normalized spacial score (nSPS) is 20.0. The molecule has 0 aromatic heterocycles. The standard InChI is InChI=1S/C20H25NO4/c22-18(16-9-8-14-5-1-2-6-15(14)13-16)10-11-19(23)21-12-4-3-7-17(21)20(24)25/h8-9,13,17H,1-7,10-12H2,(H,24,25). The summed E-state index contributed by atoms with van der Waals surface area (Å²) in [6, 6.07) is 5.13. The van der Waals surface area contributed by atoms with Crippen molar-refractivity contribution in [3.63, 3.8) is 0 Å². The summed E-state index contributed by atoms with van der Waals surface area (Å²) in [7, 11) is 0. The van der Waals surface area contributed by atoms with Crippen molar-refractivity contribution < 1.29 is 19.5 Å². The molecule has 1 aromatic rings. The third-order valence-electron chi connectivity index (χ3n) is 5.34. The Labute approximate surface area is 148 Å². The SMILES string of the molecule is O=C(CCC(=O)N1CCCCC1C(=O)O)c1ccc2c(c1)CCCC2. The molecule has 134 valence electrons. The van der Waals surface area contributed by atoms with Gasteiger partial charge in [0.05, 0.1) is 0 Å². The first kappa shape index (κ1) is 17.6. The number of carbonyl (C=O) groups excluding carboxylic acids is 2. The van der Waals surface area contributed by atoms with E-state index in [4.69, 9.17) is 0 Å². The highest BCUT2D eigenvalue weighted by Gasteiger charge is 2.31. The number of hydrogen-bond donors (Lipinski definition) is 1. The minimum atomic E-state index is -0.950. The van der Waals surface area contributed by atoms with Crippen molar-refractivity contribution in [3.05, 3.63) is 34.9 Å². The van der Waals surface area contributed by atoms with Crippen LogP contribution < -0.4 is 0 Å². The Hall–Kier alpha value is -2.17. The molecule has 1 N–H and O–H groups in total. The average molecular weight is 343 g/mol. The van der Waals surface area contributed by atoms with E-state index >= 15 is 0 Å². The van der Waals surface area contributed by atoms with Crippen molar-refractivity contribution in [3.8, 4) is 0 Å². The summed E-state index contributed by atoms with van der Waals surface area (Å²) in [5.41, 5.74) is 3.25. The van der Waals surface area contributed by atoms with Crippen molar-refractivity contribution in [2.75, 3.05) is 6.54 Å². The molecule has 1 unspecified atom stereocenters. The Kier molecular flexibility index (Phi) is 5.51. The van der Waals surface area contributed by atoms with Crippen LogP contribution in [0.1, 0.15) is 66.4 Å². The van der Waals surface area contributed by atoms with Gasteiger partial charge in [-0.1, -0.05) is 12.1 Å². The van der Waals surface area contributed by atoms with Crippen molar-refractivity contribution in [2.24, 2.45) is 0 Å². The molecule has 1 atom stereocenters. The zero-order valence-corrected chi connectivity index (χ0v) is 14.5. The van der Waals surface area contributed by atoms with Gasteiger partial charge in [-0.3, -0.25) is 9.59 Å². The Bertz CT molecular complexity index is 682. The monoisotopic (exact) mass is 343 g/mol. The van der Waals surface area contributed by atoms with Gasteiger partial charge in [0.2, 0.25) is 5.91 Å². The van der Waals surface area contributed by atoms with Gasteiger partial charge in [-0.05, 0) is 62.1 Å². The van der Waals surface area contributed by atoms with Gasteiger partial charge >= 0.3 is 5.97 Å². The lowest BCUT2D eigenvalue weighted by atomic mass is 9.89. The molecule has 0 bridgehead atoms. The maximum absolute atomic E-state index is 12.4. The molecule has 3 rings (SSSR count). The van der Waals surface area contributed by atoms with Crippen LogP contribution in [-0.2, 0) is 22.4 Å². The highest BCUT2D eigenvalue weighted by Crippen LogP contribution is 2.23. The lowest BCUT2D eigenvalue weighted by Gasteiger charge is -2.33. The summed E-state index contributed by atoms with van der Waals surface area (Å²) in [5, 5.41) is 9.26. The number of rotatable bonds is 5. The molecular formula is C20H25NO4. The Morgan fingerprint density at radius 3 is 2.52 bits per heavy atom. The van der Waals surface area contributed by atoms with Crippen LogP contribution in [0.5, 0.6) is 0 Å². The lowest BCUT2D eigenvalue weighted by Crippen LogP contribution is -2.48. The third-order valence-corrected chi connectivity index (χ3v) is 5.34. The fraction of sp³-hybridized carbons (Fsp3) is 0.550. The van der Waals surface area contributed by atoms with E-state index in [9.17, 15) is 19.5 Å². The first-order valence-electron chi connectivity index (χ1n) is 9.23. The molecule has 1 fully saturated rings. The fourth-order valence-corrected chi connectivity index (χ4v) is 3.90. The fourth-order valence-electron chi connectivity index (χ4n) is 3.90. The largest absolute Gasteiger partial charge is 0.480 e. The lowest BCUT2D eigenvalue weighted by molar-refractivity contribution is -0.152. The number of carbonyl (C=O) groups is 3. The van der Waals surface area contributed by atoms with Crippen molar-refractivity contribution >= 4 is 17.7 Å². The number of fused-ring (bicyclic) bond motifs is 1. The molecule has 1 aromatic carbocycles. The van der Waals surface area contributed by atoms with Crippen molar-refractivity contribution in [2.45, 2.75) is 63.8 Å². The molecule has 1 saturated heterocycles. The zero-order valence-electron chi connectivity index (χ0n) is 14.5. The minimum absolute atomic E-state index is 0.0365. The van der Waals surface area contributed by atoms with Crippen molar-refractivity contribution in [1.82, 2.24) is 4.90 Å². The molecular weight excluding hydrogens is 318 g/mol. The third kappa shape index (κ3) is 4.09. The molecule has 25 heavy (non-hydrogen) atoms. The van der Waals surface area contributed by atoms with Gasteiger partial charge in [0.25, 0.3) is 0 Å². The number of amides is 1. The second-order valence-electron chi connectivity index (χ2n) is 7.05. The number of likely N-dealkylation sites (tertiary alicyclic amines) is 1. The van der Waals surface area contributed by atoms with Crippen LogP contribution in [0.4, 0.5) is 0 Å². The van der Waals surface area contributed by atoms with E-state index in [0.717, 1.165) is 32.1 Å². The summed E-state index contributed by atoms with van der Waals surface area (Å²) in [4.78, 5) is 37.6. The summed E-state index contributed by atoms with van der Waals surface area (Å²) in [5.74, 6) is -1.21. The molecule has 5 nitrogen and oxygen atoms in total. The Balaban J connectivity index is 1.60. The second-order valence-corrected chi connectivity index (χ2v) is 7.05. The quantitative estimate of drug-likeness (QED) is 0.834. The number of hydrogen-bond acceptors (Lipinski definition) is 3. The van der Waals surface area contributed by atoms with E-state index in [1.807, 2.05) is 18.2 Å². The number of carboxylic acid groups (broad SMARTS) is 1. The van der Waals surface area contributed by atoms with Crippen LogP contribution in [0.2, 0.25) is 0 Å². The van der Waals surface area contributed by atoms with E-state index in [0.29, 0.717) is 18.5 Å². The van der Waals surface area contributed by atoms with E-state index in [2.05, 4.69) is 0 Å². The number of piperidine rings is 1. The molecule has 1 aliphatic heterocycles. The van der Waals surface area contributed by atoms with E-state index in [1.165, 1.54) is 22.4 Å². The van der Waals surface area contributed by atoms with Gasteiger partial charge in [-0.15, -0.1) is 0 Å². The molecule has 1 heterocycles. The maximum Gasteiger partial charge on any atom is 0.326 e. The summed E-state index contributed by atoms with van der Waals surface area (Å²) < 4.78 is 0. The Morgan fingerprint density at radius 2 is 1.76 bits per heavy atom. The number of benzene rings is 1. The van der Waals surface area contributed by atoms with Gasteiger partial charge in [0.1, 0.15) is 6.04 Å². The van der Waals surface area contributed by atoms with Crippen LogP contribution >= 0.6 is 0 Å². The minimum Gasteiger partial charge on any atom is -0.480 e. The highest BCUT2D eigenvalue weighted by molar-refractivity contribution is 5.98. The number of Topliss-reactive ketones (excluding diaryl/α,β-unsaturated/α-hetero) is 1. The maximum atomic E-state index is 12.4. The Morgan fingerprint density at radius 1 is 1.00 bits per heavy atom. The number of nitrogens with zero attached hydrogens (tertiary/aromatic N) is 1. The summed E-state index contributed by atoms with van der Waals surface area (Å²) >= 11 is 0. The summed E-state index contributed by atoms with van der Waals surface area (Å²) in [6.45, 7) is 0.475. The smallest absolute Gasteiger partial charge is 0.326 e. The van der Waals surface area contributed by atoms with E-state index < -0.39 is 12.0 Å². The molecule has 2 aliphatic rings. The molecule has 0 radical (unpaired) electrons. The van der Waals surface area contributed by atoms with E-state index in [1.54, 1.807) is 0 Å². The average Bonchev–Trinajstić information content (AvgIpc) is 2.65. The molecule has 0 spiro atoms. The molecule has 1 aliphatic carbocycles. The first-order chi connectivity index (χ1) is 12.1. The molecule has 5 heteroatoms. The highest BCUT2D eigenvalue weighted by atomic mass is 16.4. The van der Waals surface area contributed by atoms with E-state index in [-0.39, 0.29) is 24.5 Å². The number of aryl methyl sites for hydroxylation is 2. The van der Waals surface area contributed by atoms with Crippen LogP contribution in [0.3, 0.4) is 0 Å². The zero-order chi connectivity index (χ0) is 17.8. The summed E-state index contributed by atoms with van der Waals surface area (Å²) in [6.07, 6.45) is 6.84. The van der Waals surface area contributed by atoms with Gasteiger partial charge in [-0.2, -0.15) is 0 Å². The predicted molar refractivity (Wildman–Crippen MR) is 93.6 cm³/mol. The first-order valence-corrected chi connectivity index (χ1v) is 9.23. The second kappa shape index (κ2) is 7.81. The van der Waals surface area contributed by atoms with Crippen LogP contribution in [-0.4, -0.2) is 40.3 Å². The number of aliphatic carboxylic acids is 1. The topological polar surface area (TPSA) is 74.7 Å². The van der Waals surface area contributed by atoms with Crippen LogP contribution in [0, 0.1) is 0 Å². The number of carboxylic acids is 1. The van der Waals surface area contributed by atoms with Crippen LogP contribution in [0.25, 0.3) is 0 Å². The van der Waals surface area contributed by atoms with Crippen LogP contribution in [0.15, 0.2) is 18.2 Å². The molecule has 1 amide bonds. The van der Waals surface area contributed by atoms with Gasteiger partial charge in [0.15, 0.2) is 5.78 Å². The van der Waals surface area contributed by atoms with Gasteiger partial charge in [-0.25, -0.2) is 4.79 Å². The van der Waals surface area contributed by atoms with Gasteiger partial charge < -0.3 is 10.0 Å². The predicted octanol–water partition coefficient (Wildman–Crippen LogP) is 2.99. The van der Waals surface area contributed by atoms with Gasteiger partial charge in [0, 0.05) is 24.9 Å². The number of ketones is 1. The molecule has 0 saturated carbocycles.